The van der Waals surface area contributed by atoms with Gasteiger partial charge in [-0.05, 0) is 43.4 Å². The van der Waals surface area contributed by atoms with Gasteiger partial charge in [0.25, 0.3) is 0 Å². The SMILES string of the molecule is COC(=O)c1cc2cn(C3CCOCC3)nc2cc1C1(C#N)CC1. The van der Waals surface area contributed by atoms with E-state index in [9.17, 15) is 10.1 Å². The van der Waals surface area contributed by atoms with Gasteiger partial charge in [-0.15, -0.1) is 0 Å². The zero-order chi connectivity index (χ0) is 16.7. The molecule has 6 heteroatoms. The topological polar surface area (TPSA) is 77.1 Å². The van der Waals surface area contributed by atoms with Crippen LogP contribution in [0.1, 0.15) is 47.6 Å². The number of aromatic nitrogens is 2. The van der Waals surface area contributed by atoms with E-state index >= 15 is 0 Å². The Morgan fingerprint density at radius 1 is 1.42 bits per heavy atom. The summed E-state index contributed by atoms with van der Waals surface area (Å²) in [6.45, 7) is 1.49. The van der Waals surface area contributed by atoms with Crippen molar-refractivity contribution in [3.05, 3.63) is 29.5 Å². The van der Waals surface area contributed by atoms with Gasteiger partial charge in [0.05, 0.1) is 35.7 Å². The minimum Gasteiger partial charge on any atom is -0.465 e. The Hall–Kier alpha value is -2.39. The van der Waals surface area contributed by atoms with Crippen molar-refractivity contribution >= 4 is 16.9 Å². The Morgan fingerprint density at radius 3 is 2.79 bits per heavy atom. The highest BCUT2D eigenvalue weighted by Gasteiger charge is 2.47. The van der Waals surface area contributed by atoms with Crippen LogP contribution >= 0.6 is 0 Å². The van der Waals surface area contributed by atoms with E-state index in [4.69, 9.17) is 14.6 Å². The van der Waals surface area contributed by atoms with Crippen LogP contribution in [0.15, 0.2) is 18.3 Å². The van der Waals surface area contributed by atoms with Gasteiger partial charge in [-0.2, -0.15) is 10.4 Å². The summed E-state index contributed by atoms with van der Waals surface area (Å²) in [5.41, 5.74) is 1.50. The maximum Gasteiger partial charge on any atom is 0.338 e. The van der Waals surface area contributed by atoms with Crippen LogP contribution in [0.5, 0.6) is 0 Å². The van der Waals surface area contributed by atoms with E-state index in [1.807, 2.05) is 23.0 Å². The van der Waals surface area contributed by atoms with E-state index < -0.39 is 11.4 Å². The van der Waals surface area contributed by atoms with Crippen LogP contribution in [-0.2, 0) is 14.9 Å². The number of nitriles is 1. The third-order valence-electron chi connectivity index (χ3n) is 5.11. The molecule has 2 heterocycles. The fourth-order valence-corrected chi connectivity index (χ4v) is 3.47. The molecular weight excluding hydrogens is 306 g/mol. The Labute approximate surface area is 140 Å². The molecule has 6 nitrogen and oxygen atoms in total. The second-order valence-corrected chi connectivity index (χ2v) is 6.59. The number of carbonyl (C=O) groups excluding carboxylic acids is 1. The lowest BCUT2D eigenvalue weighted by Crippen LogP contribution is -2.19. The summed E-state index contributed by atoms with van der Waals surface area (Å²) in [7, 11) is 1.37. The summed E-state index contributed by atoms with van der Waals surface area (Å²) in [4.78, 5) is 12.2. The predicted molar refractivity (Wildman–Crippen MR) is 86.7 cm³/mol. The largest absolute Gasteiger partial charge is 0.465 e. The molecule has 0 bridgehead atoms. The highest BCUT2D eigenvalue weighted by Crippen LogP contribution is 2.49. The molecule has 0 unspecified atom stereocenters. The Balaban J connectivity index is 1.82. The van der Waals surface area contributed by atoms with Gasteiger partial charge in [-0.25, -0.2) is 4.79 Å². The van der Waals surface area contributed by atoms with Gasteiger partial charge in [0, 0.05) is 24.8 Å². The van der Waals surface area contributed by atoms with Gasteiger partial charge in [-0.1, -0.05) is 0 Å². The van der Waals surface area contributed by atoms with Crippen molar-refractivity contribution in [1.29, 1.82) is 5.26 Å². The third-order valence-corrected chi connectivity index (χ3v) is 5.11. The predicted octanol–water partition coefficient (Wildman–Crippen LogP) is 2.73. The lowest BCUT2D eigenvalue weighted by molar-refractivity contribution is 0.0599. The smallest absolute Gasteiger partial charge is 0.338 e. The molecule has 1 aromatic heterocycles. The van der Waals surface area contributed by atoms with Crippen molar-refractivity contribution < 1.29 is 14.3 Å². The second kappa shape index (κ2) is 5.60. The first-order valence-corrected chi connectivity index (χ1v) is 8.27. The summed E-state index contributed by atoms with van der Waals surface area (Å²) in [5, 5.41) is 15.1. The summed E-state index contributed by atoms with van der Waals surface area (Å²) in [6, 6.07) is 6.40. The van der Waals surface area contributed by atoms with Crippen LogP contribution in [-0.4, -0.2) is 36.1 Å². The van der Waals surface area contributed by atoms with Crippen LogP contribution in [0.3, 0.4) is 0 Å². The van der Waals surface area contributed by atoms with Crippen molar-refractivity contribution in [3.8, 4) is 6.07 Å². The molecule has 124 valence electrons. The quantitative estimate of drug-likeness (QED) is 0.811. The zero-order valence-corrected chi connectivity index (χ0v) is 13.6. The number of hydrogen-bond donors (Lipinski definition) is 0. The molecule has 0 radical (unpaired) electrons. The summed E-state index contributed by atoms with van der Waals surface area (Å²) < 4.78 is 12.3. The van der Waals surface area contributed by atoms with Crippen LogP contribution in [0, 0.1) is 11.3 Å². The number of nitrogens with zero attached hydrogens (tertiary/aromatic N) is 3. The summed E-state index contributed by atoms with van der Waals surface area (Å²) >= 11 is 0. The van der Waals surface area contributed by atoms with Crippen LogP contribution in [0.4, 0.5) is 0 Å². The normalized spacial score (nSPS) is 19.8. The first-order chi connectivity index (χ1) is 11.7. The van der Waals surface area contributed by atoms with Crippen molar-refractivity contribution in [2.45, 2.75) is 37.1 Å². The fraction of sp³-hybridized carbons (Fsp3) is 0.500. The number of esters is 1. The molecule has 0 spiro atoms. The minimum atomic E-state index is -0.555. The number of hydrogen-bond acceptors (Lipinski definition) is 5. The minimum absolute atomic E-state index is 0.321. The lowest BCUT2D eigenvalue weighted by Gasteiger charge is -2.22. The molecule has 1 saturated carbocycles. The molecule has 24 heavy (non-hydrogen) atoms. The van der Waals surface area contributed by atoms with E-state index in [1.165, 1.54) is 7.11 Å². The summed E-state index contributed by atoms with van der Waals surface area (Å²) in [6.07, 6.45) is 5.41. The zero-order valence-electron chi connectivity index (χ0n) is 13.6. The molecular formula is C18H19N3O3. The second-order valence-electron chi connectivity index (χ2n) is 6.59. The van der Waals surface area contributed by atoms with Crippen molar-refractivity contribution in [3.63, 3.8) is 0 Å². The van der Waals surface area contributed by atoms with Crippen molar-refractivity contribution in [2.24, 2.45) is 0 Å². The molecule has 0 N–H and O–H groups in total. The molecule has 1 aliphatic heterocycles. The van der Waals surface area contributed by atoms with Gasteiger partial charge < -0.3 is 9.47 Å². The highest BCUT2D eigenvalue weighted by molar-refractivity contribution is 5.97. The number of methoxy groups -OCH3 is 1. The molecule has 0 atom stereocenters. The molecule has 0 amide bonds. The lowest BCUT2D eigenvalue weighted by atomic mass is 9.91. The van der Waals surface area contributed by atoms with E-state index in [1.54, 1.807) is 0 Å². The molecule has 2 aliphatic rings. The van der Waals surface area contributed by atoms with E-state index in [2.05, 4.69) is 6.07 Å². The average molecular weight is 325 g/mol. The van der Waals surface area contributed by atoms with Gasteiger partial charge in [0.15, 0.2) is 0 Å². The molecule has 1 saturated heterocycles. The van der Waals surface area contributed by atoms with Gasteiger partial charge in [-0.3, -0.25) is 4.68 Å². The van der Waals surface area contributed by atoms with E-state index in [-0.39, 0.29) is 0 Å². The monoisotopic (exact) mass is 325 g/mol. The van der Waals surface area contributed by atoms with Gasteiger partial charge >= 0.3 is 5.97 Å². The maximum atomic E-state index is 12.2. The average Bonchev–Trinajstić information content (AvgIpc) is 3.32. The first-order valence-electron chi connectivity index (χ1n) is 8.27. The van der Waals surface area contributed by atoms with Gasteiger partial charge in [0.1, 0.15) is 0 Å². The number of rotatable bonds is 3. The summed E-state index contributed by atoms with van der Waals surface area (Å²) in [5.74, 6) is -0.396. The Morgan fingerprint density at radius 2 is 2.17 bits per heavy atom. The van der Waals surface area contributed by atoms with Crippen molar-refractivity contribution in [2.75, 3.05) is 20.3 Å². The van der Waals surface area contributed by atoms with Gasteiger partial charge in [0.2, 0.25) is 0 Å². The van der Waals surface area contributed by atoms with E-state index in [0.29, 0.717) is 11.6 Å². The van der Waals surface area contributed by atoms with Crippen LogP contribution in [0.2, 0.25) is 0 Å². The number of ether oxygens (including phenoxy) is 2. The number of carbonyl (C=O) groups is 1. The van der Waals surface area contributed by atoms with E-state index in [0.717, 1.165) is 55.4 Å². The Kier molecular flexibility index (Phi) is 3.54. The molecule has 2 fully saturated rings. The molecule has 4 rings (SSSR count). The number of fused-ring (bicyclic) bond motifs is 1. The van der Waals surface area contributed by atoms with Crippen LogP contribution < -0.4 is 0 Å². The standard InChI is InChI=1S/C18H19N3O3/c1-23-17(22)14-8-12-10-21(13-2-6-24-7-3-13)20-16(12)9-15(14)18(11-19)4-5-18/h8-10,13H,2-7H2,1H3. The Bertz CT molecular complexity index is 839. The molecule has 2 aromatic rings. The highest BCUT2D eigenvalue weighted by atomic mass is 16.5. The molecule has 1 aliphatic carbocycles. The third kappa shape index (κ3) is 2.36. The molecule has 1 aromatic carbocycles. The maximum absolute atomic E-state index is 12.2. The first kappa shape index (κ1) is 15.2. The fourth-order valence-electron chi connectivity index (χ4n) is 3.47. The van der Waals surface area contributed by atoms with Crippen LogP contribution in [0.25, 0.3) is 10.9 Å². The van der Waals surface area contributed by atoms with Crippen molar-refractivity contribution in [1.82, 2.24) is 9.78 Å². The number of benzene rings is 1.